The molecule has 0 saturated carbocycles. The number of hydrogen-bond acceptors (Lipinski definition) is 1. The van der Waals surface area contributed by atoms with Crippen molar-refractivity contribution in [2.45, 2.75) is 19.8 Å². The van der Waals surface area contributed by atoms with Gasteiger partial charge in [-0.3, -0.25) is 0 Å². The quantitative estimate of drug-likeness (QED) is 0.529. The van der Waals surface area contributed by atoms with Crippen LogP contribution in [-0.4, -0.2) is 14.5 Å². The van der Waals surface area contributed by atoms with E-state index in [1.165, 1.54) is 0 Å². The molecular formula is C4H10O2SZn. The van der Waals surface area contributed by atoms with Gasteiger partial charge in [0.25, 0.3) is 0 Å². The molecule has 0 saturated heterocycles. The van der Waals surface area contributed by atoms with Crippen LogP contribution < -0.4 is 0 Å². The third-order valence-corrected chi connectivity index (χ3v) is 1.31. The molecule has 0 aliphatic carbocycles. The zero-order valence-corrected chi connectivity index (χ0v) is 8.88. The number of hydrogen-bond donors (Lipinski definition) is 1. The van der Waals surface area contributed by atoms with Crippen LogP contribution in [0.25, 0.3) is 0 Å². The van der Waals surface area contributed by atoms with Gasteiger partial charge in [-0.2, -0.15) is 0 Å². The van der Waals surface area contributed by atoms with Gasteiger partial charge in [0.15, 0.2) is 11.1 Å². The Hall–Kier alpha value is 0.733. The van der Waals surface area contributed by atoms with Crippen LogP contribution in [0, 0.1) is 0 Å². The van der Waals surface area contributed by atoms with E-state index in [2.05, 4.69) is 0 Å². The normalized spacial score (nSPS) is 12.2. The molecule has 1 atom stereocenters. The zero-order chi connectivity index (χ0) is 5.70. The molecule has 0 bridgehead atoms. The van der Waals surface area contributed by atoms with E-state index in [9.17, 15) is 4.21 Å². The van der Waals surface area contributed by atoms with Gasteiger partial charge in [0, 0.05) is 25.2 Å². The third kappa shape index (κ3) is 9.88. The molecule has 0 aromatic heterocycles. The van der Waals surface area contributed by atoms with Gasteiger partial charge in [-0.15, -0.1) is 0 Å². The maximum absolute atomic E-state index is 9.87. The summed E-state index contributed by atoms with van der Waals surface area (Å²) in [5, 5.41) is 0. The van der Waals surface area contributed by atoms with Crippen LogP contribution in [-0.2, 0) is 30.6 Å². The Labute approximate surface area is 65.1 Å². The molecule has 0 amide bonds. The van der Waals surface area contributed by atoms with Crippen molar-refractivity contribution in [1.82, 2.24) is 0 Å². The molecule has 0 aliphatic heterocycles. The van der Waals surface area contributed by atoms with Crippen LogP contribution in [0.5, 0.6) is 0 Å². The molecule has 0 spiro atoms. The fourth-order valence-electron chi connectivity index (χ4n) is 0.268. The van der Waals surface area contributed by atoms with Crippen molar-refractivity contribution in [2.75, 3.05) is 5.75 Å². The second-order valence-electron chi connectivity index (χ2n) is 1.38. The molecule has 2 nitrogen and oxygen atoms in total. The van der Waals surface area contributed by atoms with E-state index in [4.69, 9.17) is 4.55 Å². The maximum Gasteiger partial charge on any atom is 0.152 e. The first-order chi connectivity index (χ1) is 3.27. The Balaban J connectivity index is 0. The summed E-state index contributed by atoms with van der Waals surface area (Å²) in [4.78, 5) is 0. The van der Waals surface area contributed by atoms with Crippen molar-refractivity contribution >= 4 is 11.1 Å². The first-order valence-electron chi connectivity index (χ1n) is 2.35. The Kier molecular flexibility index (Phi) is 11.1. The smallest absolute Gasteiger partial charge is 0.152 e. The Morgan fingerprint density at radius 2 is 2.12 bits per heavy atom. The summed E-state index contributed by atoms with van der Waals surface area (Å²) in [6.45, 7) is 1.99. The summed E-state index contributed by atoms with van der Waals surface area (Å²) in [5.74, 6) is 0.427. The van der Waals surface area contributed by atoms with Crippen LogP contribution in [0.1, 0.15) is 19.8 Å². The van der Waals surface area contributed by atoms with E-state index in [-0.39, 0.29) is 19.5 Å². The van der Waals surface area contributed by atoms with Crippen molar-refractivity contribution in [3.63, 3.8) is 0 Å². The Morgan fingerprint density at radius 3 is 2.25 bits per heavy atom. The largest absolute Gasteiger partial charge is 0.306 e. The summed E-state index contributed by atoms with van der Waals surface area (Å²) < 4.78 is 18.0. The van der Waals surface area contributed by atoms with Crippen LogP contribution in [0.15, 0.2) is 0 Å². The topological polar surface area (TPSA) is 37.3 Å². The number of rotatable bonds is 3. The van der Waals surface area contributed by atoms with Crippen molar-refractivity contribution in [3.8, 4) is 0 Å². The number of unbranched alkanes of at least 4 members (excludes halogenated alkanes) is 1. The molecule has 0 aromatic rings. The Bertz CT molecular complexity index is 67.1. The summed E-state index contributed by atoms with van der Waals surface area (Å²) >= 11 is -1.57. The van der Waals surface area contributed by atoms with E-state index < -0.39 is 11.1 Å². The zero-order valence-electron chi connectivity index (χ0n) is 5.09. The summed E-state index contributed by atoms with van der Waals surface area (Å²) in [6.07, 6.45) is 1.84. The first kappa shape index (κ1) is 11.5. The van der Waals surface area contributed by atoms with Gasteiger partial charge in [-0.05, 0) is 6.42 Å². The SMILES string of the molecule is CCCCS(=O)O.[Zn]. The van der Waals surface area contributed by atoms with Gasteiger partial charge in [-0.25, -0.2) is 4.21 Å². The van der Waals surface area contributed by atoms with Crippen molar-refractivity contribution < 1.29 is 28.2 Å². The van der Waals surface area contributed by atoms with Crippen LogP contribution in [0.4, 0.5) is 0 Å². The molecule has 0 aliphatic rings. The van der Waals surface area contributed by atoms with E-state index in [1.807, 2.05) is 6.92 Å². The van der Waals surface area contributed by atoms with Crippen LogP contribution in [0.3, 0.4) is 0 Å². The van der Waals surface area contributed by atoms with Gasteiger partial charge >= 0.3 is 0 Å². The van der Waals surface area contributed by atoms with Crippen molar-refractivity contribution in [2.24, 2.45) is 0 Å². The second-order valence-corrected chi connectivity index (χ2v) is 2.43. The van der Waals surface area contributed by atoms with Gasteiger partial charge in [0.1, 0.15) is 0 Å². The molecule has 0 radical (unpaired) electrons. The molecule has 0 rings (SSSR count). The van der Waals surface area contributed by atoms with Gasteiger partial charge in [0.2, 0.25) is 0 Å². The van der Waals surface area contributed by atoms with E-state index in [1.54, 1.807) is 0 Å². The fraction of sp³-hybridized carbons (Fsp3) is 1.00. The standard InChI is InChI=1S/C4H10O2S.Zn/c1-2-3-4-7(5)6;/h2-4H2,1H3,(H,5,6);. The van der Waals surface area contributed by atoms with E-state index in [0.29, 0.717) is 5.75 Å². The summed E-state index contributed by atoms with van der Waals surface area (Å²) in [7, 11) is 0. The minimum atomic E-state index is -1.57. The molecule has 0 fully saturated rings. The predicted octanol–water partition coefficient (Wildman–Crippen LogP) is 1.01. The minimum absolute atomic E-state index is 0. The molecule has 1 N–H and O–H groups in total. The summed E-state index contributed by atoms with van der Waals surface area (Å²) in [6, 6.07) is 0. The van der Waals surface area contributed by atoms with Gasteiger partial charge in [0.05, 0.1) is 0 Å². The van der Waals surface area contributed by atoms with E-state index >= 15 is 0 Å². The van der Waals surface area contributed by atoms with Crippen LogP contribution in [0.2, 0.25) is 0 Å². The molecule has 4 heteroatoms. The summed E-state index contributed by atoms with van der Waals surface area (Å²) in [5.41, 5.74) is 0. The predicted molar refractivity (Wildman–Crippen MR) is 30.5 cm³/mol. The molecule has 8 heavy (non-hydrogen) atoms. The molecule has 46 valence electrons. The monoisotopic (exact) mass is 186 g/mol. The minimum Gasteiger partial charge on any atom is -0.306 e. The average molecular weight is 188 g/mol. The fourth-order valence-corrected chi connectivity index (χ4v) is 0.803. The molecule has 0 aromatic carbocycles. The first-order valence-corrected chi connectivity index (χ1v) is 3.62. The maximum atomic E-state index is 9.87. The van der Waals surface area contributed by atoms with E-state index in [0.717, 1.165) is 12.8 Å². The van der Waals surface area contributed by atoms with Crippen LogP contribution >= 0.6 is 0 Å². The average Bonchev–Trinajstić information content (AvgIpc) is 1.61. The third-order valence-electron chi connectivity index (χ3n) is 0.673. The molecule has 0 heterocycles. The Morgan fingerprint density at radius 1 is 1.62 bits per heavy atom. The van der Waals surface area contributed by atoms with Crippen molar-refractivity contribution in [3.05, 3.63) is 0 Å². The second kappa shape index (κ2) is 7.73. The van der Waals surface area contributed by atoms with Gasteiger partial charge < -0.3 is 4.55 Å². The van der Waals surface area contributed by atoms with Crippen molar-refractivity contribution in [1.29, 1.82) is 0 Å². The molecular weight excluding hydrogens is 177 g/mol. The molecule has 1 unspecified atom stereocenters. The van der Waals surface area contributed by atoms with Gasteiger partial charge in [-0.1, -0.05) is 13.3 Å².